The Morgan fingerprint density at radius 2 is 2.44 bits per heavy atom. The van der Waals surface area contributed by atoms with Gasteiger partial charge in [0.25, 0.3) is 5.91 Å². The van der Waals surface area contributed by atoms with Gasteiger partial charge >= 0.3 is 0 Å². The lowest BCUT2D eigenvalue weighted by Crippen LogP contribution is -2.45. The SMILES string of the molecule is Cc1c(C(=O)N[C@H]2CCCNC2)nnn1C. The van der Waals surface area contributed by atoms with Gasteiger partial charge in [-0.05, 0) is 26.3 Å². The smallest absolute Gasteiger partial charge is 0.274 e. The normalized spacial score (nSPS) is 20.8. The van der Waals surface area contributed by atoms with E-state index in [0.717, 1.165) is 31.6 Å². The molecule has 1 fully saturated rings. The maximum absolute atomic E-state index is 11.9. The molecule has 6 nitrogen and oxygen atoms in total. The van der Waals surface area contributed by atoms with Crippen LogP contribution in [0.1, 0.15) is 29.0 Å². The van der Waals surface area contributed by atoms with Gasteiger partial charge in [0.2, 0.25) is 0 Å². The first-order valence-electron chi connectivity index (χ1n) is 5.56. The predicted octanol–water partition coefficient (Wildman–Crippen LogP) is -0.395. The number of aryl methyl sites for hydroxylation is 1. The lowest BCUT2D eigenvalue weighted by atomic mass is 10.1. The van der Waals surface area contributed by atoms with Crippen LogP contribution in [-0.2, 0) is 7.05 Å². The van der Waals surface area contributed by atoms with Crippen molar-refractivity contribution < 1.29 is 4.79 Å². The van der Waals surface area contributed by atoms with Crippen LogP contribution in [0.2, 0.25) is 0 Å². The summed E-state index contributed by atoms with van der Waals surface area (Å²) in [5, 5.41) is 13.9. The third-order valence-corrected chi connectivity index (χ3v) is 2.95. The van der Waals surface area contributed by atoms with E-state index < -0.39 is 0 Å². The Morgan fingerprint density at radius 3 is 3.00 bits per heavy atom. The van der Waals surface area contributed by atoms with Crippen LogP contribution in [0.15, 0.2) is 0 Å². The molecule has 0 aromatic carbocycles. The summed E-state index contributed by atoms with van der Waals surface area (Å²) in [4.78, 5) is 11.9. The second kappa shape index (κ2) is 4.61. The van der Waals surface area contributed by atoms with E-state index in [2.05, 4.69) is 20.9 Å². The fourth-order valence-corrected chi connectivity index (χ4v) is 1.84. The van der Waals surface area contributed by atoms with Crippen molar-refractivity contribution in [2.24, 2.45) is 7.05 Å². The summed E-state index contributed by atoms with van der Waals surface area (Å²) < 4.78 is 1.61. The van der Waals surface area contributed by atoms with E-state index in [0.29, 0.717) is 5.69 Å². The number of piperidine rings is 1. The zero-order chi connectivity index (χ0) is 11.5. The molecule has 1 atom stereocenters. The topological polar surface area (TPSA) is 71.8 Å². The quantitative estimate of drug-likeness (QED) is 0.716. The van der Waals surface area contributed by atoms with Crippen LogP contribution in [0.3, 0.4) is 0 Å². The van der Waals surface area contributed by atoms with E-state index in [9.17, 15) is 4.79 Å². The molecule has 88 valence electrons. The van der Waals surface area contributed by atoms with Crippen molar-refractivity contribution in [3.8, 4) is 0 Å². The Morgan fingerprint density at radius 1 is 1.62 bits per heavy atom. The molecule has 6 heteroatoms. The van der Waals surface area contributed by atoms with Crippen molar-refractivity contribution in [2.75, 3.05) is 13.1 Å². The van der Waals surface area contributed by atoms with Gasteiger partial charge in [0.15, 0.2) is 5.69 Å². The monoisotopic (exact) mass is 223 g/mol. The Kier molecular flexibility index (Phi) is 3.19. The summed E-state index contributed by atoms with van der Waals surface area (Å²) in [5.74, 6) is -0.126. The first-order valence-corrected chi connectivity index (χ1v) is 5.56. The van der Waals surface area contributed by atoms with Crippen LogP contribution >= 0.6 is 0 Å². The molecule has 1 amide bonds. The number of rotatable bonds is 2. The molecule has 0 spiro atoms. The van der Waals surface area contributed by atoms with Crippen molar-refractivity contribution in [1.29, 1.82) is 0 Å². The molecule has 2 rings (SSSR count). The minimum atomic E-state index is -0.126. The highest BCUT2D eigenvalue weighted by Crippen LogP contribution is 2.05. The third-order valence-electron chi connectivity index (χ3n) is 2.95. The predicted molar refractivity (Wildman–Crippen MR) is 59.1 cm³/mol. The molecule has 2 N–H and O–H groups in total. The molecule has 0 aliphatic carbocycles. The van der Waals surface area contributed by atoms with Gasteiger partial charge in [-0.3, -0.25) is 9.48 Å². The molecule has 0 bridgehead atoms. The van der Waals surface area contributed by atoms with Crippen molar-refractivity contribution in [2.45, 2.75) is 25.8 Å². The number of nitrogens with one attached hydrogen (secondary N) is 2. The van der Waals surface area contributed by atoms with Gasteiger partial charge < -0.3 is 10.6 Å². The van der Waals surface area contributed by atoms with E-state index in [1.165, 1.54) is 0 Å². The second-order valence-corrected chi connectivity index (χ2v) is 4.16. The van der Waals surface area contributed by atoms with Gasteiger partial charge in [-0.1, -0.05) is 5.21 Å². The number of hydrogen-bond acceptors (Lipinski definition) is 4. The maximum atomic E-state index is 11.9. The lowest BCUT2D eigenvalue weighted by Gasteiger charge is -2.23. The zero-order valence-corrected chi connectivity index (χ0v) is 9.66. The van der Waals surface area contributed by atoms with Crippen molar-refractivity contribution in [1.82, 2.24) is 25.6 Å². The average molecular weight is 223 g/mol. The highest BCUT2D eigenvalue weighted by molar-refractivity contribution is 5.93. The molecule has 1 aromatic rings. The Bertz CT molecular complexity index is 381. The zero-order valence-electron chi connectivity index (χ0n) is 9.66. The van der Waals surface area contributed by atoms with Gasteiger partial charge in [-0.25, -0.2) is 0 Å². The largest absolute Gasteiger partial charge is 0.347 e. The number of aromatic nitrogens is 3. The first kappa shape index (κ1) is 11.1. The molecule has 0 unspecified atom stereocenters. The molecular weight excluding hydrogens is 206 g/mol. The fourth-order valence-electron chi connectivity index (χ4n) is 1.84. The number of amides is 1. The van der Waals surface area contributed by atoms with Crippen LogP contribution in [0.5, 0.6) is 0 Å². The lowest BCUT2D eigenvalue weighted by molar-refractivity contribution is 0.0925. The summed E-state index contributed by atoms with van der Waals surface area (Å²) in [6.45, 7) is 3.72. The molecular formula is C10H17N5O. The fraction of sp³-hybridized carbons (Fsp3) is 0.700. The summed E-state index contributed by atoms with van der Waals surface area (Å²) >= 11 is 0. The van der Waals surface area contributed by atoms with Crippen LogP contribution in [0.25, 0.3) is 0 Å². The van der Waals surface area contributed by atoms with Crippen molar-refractivity contribution in [3.05, 3.63) is 11.4 Å². The molecule has 1 aromatic heterocycles. The molecule has 1 aliphatic rings. The molecule has 1 aliphatic heterocycles. The number of carbonyl (C=O) groups excluding carboxylic acids is 1. The van der Waals surface area contributed by atoms with Gasteiger partial charge in [-0.15, -0.1) is 5.10 Å². The third kappa shape index (κ3) is 2.21. The van der Waals surface area contributed by atoms with Crippen LogP contribution in [0, 0.1) is 6.92 Å². The minimum absolute atomic E-state index is 0.126. The minimum Gasteiger partial charge on any atom is -0.347 e. The van der Waals surface area contributed by atoms with Gasteiger partial charge in [-0.2, -0.15) is 0 Å². The van der Waals surface area contributed by atoms with E-state index >= 15 is 0 Å². The van der Waals surface area contributed by atoms with E-state index in [1.807, 2.05) is 6.92 Å². The standard InChI is InChI=1S/C10H17N5O/c1-7-9(13-14-15(7)2)10(16)12-8-4-3-5-11-6-8/h8,11H,3-6H2,1-2H3,(H,12,16)/t8-/m0/s1. The number of hydrogen-bond donors (Lipinski definition) is 2. The first-order chi connectivity index (χ1) is 7.68. The molecule has 0 saturated carbocycles. The van der Waals surface area contributed by atoms with Crippen LogP contribution < -0.4 is 10.6 Å². The number of carbonyl (C=O) groups is 1. The average Bonchev–Trinajstić information content (AvgIpc) is 2.61. The second-order valence-electron chi connectivity index (χ2n) is 4.16. The Hall–Kier alpha value is -1.43. The summed E-state index contributed by atoms with van der Waals surface area (Å²) in [6.07, 6.45) is 2.13. The van der Waals surface area contributed by atoms with Crippen molar-refractivity contribution in [3.63, 3.8) is 0 Å². The molecule has 0 radical (unpaired) electrons. The van der Waals surface area contributed by atoms with Gasteiger partial charge in [0.05, 0.1) is 5.69 Å². The molecule has 1 saturated heterocycles. The van der Waals surface area contributed by atoms with Crippen LogP contribution in [0.4, 0.5) is 0 Å². The number of nitrogens with zero attached hydrogens (tertiary/aromatic N) is 3. The van der Waals surface area contributed by atoms with E-state index in [1.54, 1.807) is 11.7 Å². The Labute approximate surface area is 94.4 Å². The van der Waals surface area contributed by atoms with Crippen molar-refractivity contribution >= 4 is 5.91 Å². The highest BCUT2D eigenvalue weighted by atomic mass is 16.2. The van der Waals surface area contributed by atoms with Gasteiger partial charge in [0, 0.05) is 19.6 Å². The molecule has 2 heterocycles. The van der Waals surface area contributed by atoms with E-state index in [4.69, 9.17) is 0 Å². The highest BCUT2D eigenvalue weighted by Gasteiger charge is 2.20. The summed E-state index contributed by atoms with van der Waals surface area (Å²) in [6, 6.07) is 0.211. The van der Waals surface area contributed by atoms with E-state index in [-0.39, 0.29) is 11.9 Å². The van der Waals surface area contributed by atoms with Gasteiger partial charge in [0.1, 0.15) is 0 Å². The Balaban J connectivity index is 1.99. The molecule has 16 heavy (non-hydrogen) atoms. The summed E-state index contributed by atoms with van der Waals surface area (Å²) in [5.41, 5.74) is 1.22. The maximum Gasteiger partial charge on any atom is 0.274 e. The van der Waals surface area contributed by atoms with Crippen LogP contribution in [-0.4, -0.2) is 40.0 Å². The summed E-state index contributed by atoms with van der Waals surface area (Å²) in [7, 11) is 1.78.